The number of aryl methyl sites for hydroxylation is 1. The first-order chi connectivity index (χ1) is 5.24. The number of nitrogens with zero attached hydrogens (tertiary/aromatic N) is 4. The molecule has 1 aromatic heterocycles. The van der Waals surface area contributed by atoms with Gasteiger partial charge in [-0.05, 0) is 17.6 Å². The van der Waals surface area contributed by atoms with Crippen LogP contribution in [0.4, 0.5) is 0 Å². The molecule has 0 aliphatic heterocycles. The summed E-state index contributed by atoms with van der Waals surface area (Å²) in [5.74, 6) is -0.628. The molecule has 0 unspecified atom stereocenters. The van der Waals surface area contributed by atoms with Gasteiger partial charge in [0.2, 0.25) is 0 Å². The maximum Gasteiger partial charge on any atom is 0.268 e. The van der Waals surface area contributed by atoms with Crippen LogP contribution < -0.4 is 0 Å². The van der Waals surface area contributed by atoms with Gasteiger partial charge in [0.05, 0.1) is 5.01 Å². The van der Waals surface area contributed by atoms with E-state index in [0.717, 1.165) is 5.01 Å². The molecule has 1 amide bonds. The zero-order valence-electron chi connectivity index (χ0n) is 5.68. The Morgan fingerprint density at radius 1 is 1.91 bits per heavy atom. The maximum absolute atomic E-state index is 10.8. The molecule has 11 heavy (non-hydrogen) atoms. The Balaban J connectivity index is 2.93. The van der Waals surface area contributed by atoms with Crippen LogP contribution in [0.5, 0.6) is 0 Å². The van der Waals surface area contributed by atoms with E-state index in [9.17, 15) is 4.79 Å². The molecule has 56 valence electrons. The summed E-state index contributed by atoms with van der Waals surface area (Å²) in [6, 6.07) is 0. The van der Waals surface area contributed by atoms with Crippen molar-refractivity contribution in [1.82, 2.24) is 4.98 Å². The van der Waals surface area contributed by atoms with Crippen molar-refractivity contribution in [2.45, 2.75) is 6.92 Å². The van der Waals surface area contributed by atoms with Crippen LogP contribution in [0.3, 0.4) is 0 Å². The SMILES string of the molecule is Cc1nc(C(=O)N=[N+]=[N-])cs1. The molecule has 0 saturated heterocycles. The predicted molar refractivity (Wildman–Crippen MR) is 40.3 cm³/mol. The molecule has 6 heteroatoms. The van der Waals surface area contributed by atoms with Crippen molar-refractivity contribution in [1.29, 1.82) is 0 Å². The number of azide groups is 1. The van der Waals surface area contributed by atoms with Crippen LogP contribution >= 0.6 is 11.3 Å². The second-order valence-electron chi connectivity index (χ2n) is 1.75. The third-order valence-corrected chi connectivity index (χ3v) is 1.75. The summed E-state index contributed by atoms with van der Waals surface area (Å²) < 4.78 is 0. The van der Waals surface area contributed by atoms with Crippen molar-refractivity contribution in [2.24, 2.45) is 5.11 Å². The van der Waals surface area contributed by atoms with Gasteiger partial charge in [-0.1, -0.05) is 0 Å². The number of carbonyl (C=O) groups excluding carboxylic acids is 1. The van der Waals surface area contributed by atoms with Crippen LogP contribution in [0.1, 0.15) is 15.5 Å². The van der Waals surface area contributed by atoms with E-state index in [1.807, 2.05) is 0 Å². The summed E-state index contributed by atoms with van der Waals surface area (Å²) in [5, 5.41) is 5.23. The van der Waals surface area contributed by atoms with Gasteiger partial charge < -0.3 is 0 Å². The van der Waals surface area contributed by atoms with Gasteiger partial charge in [0, 0.05) is 10.3 Å². The average Bonchev–Trinajstić information content (AvgIpc) is 2.36. The van der Waals surface area contributed by atoms with E-state index in [1.54, 1.807) is 12.3 Å². The summed E-state index contributed by atoms with van der Waals surface area (Å²) in [4.78, 5) is 17.0. The Kier molecular flexibility index (Phi) is 2.20. The van der Waals surface area contributed by atoms with Crippen molar-refractivity contribution >= 4 is 17.2 Å². The number of carbonyl (C=O) groups is 1. The number of aromatic nitrogens is 1. The number of hydrogen-bond donors (Lipinski definition) is 0. The molecule has 0 aromatic carbocycles. The van der Waals surface area contributed by atoms with Crippen molar-refractivity contribution in [3.05, 3.63) is 26.5 Å². The standard InChI is InChI=1S/C5H4N4OS/c1-3-7-4(2-11-3)5(10)8-9-6/h2H,1H3. The third-order valence-electron chi connectivity index (χ3n) is 0.974. The van der Waals surface area contributed by atoms with E-state index in [2.05, 4.69) is 15.0 Å². The van der Waals surface area contributed by atoms with E-state index in [4.69, 9.17) is 5.53 Å². The second kappa shape index (κ2) is 3.14. The average molecular weight is 168 g/mol. The smallest absolute Gasteiger partial charge is 0.268 e. The summed E-state index contributed by atoms with van der Waals surface area (Å²) >= 11 is 1.34. The van der Waals surface area contributed by atoms with Gasteiger partial charge in [0.1, 0.15) is 5.69 Å². The quantitative estimate of drug-likeness (QED) is 0.364. The Morgan fingerprint density at radius 2 is 2.64 bits per heavy atom. The molecular formula is C5H4N4OS. The van der Waals surface area contributed by atoms with Gasteiger partial charge in [0.25, 0.3) is 5.91 Å². The molecular weight excluding hydrogens is 164 g/mol. The highest BCUT2D eigenvalue weighted by molar-refractivity contribution is 7.09. The van der Waals surface area contributed by atoms with E-state index >= 15 is 0 Å². The van der Waals surface area contributed by atoms with Crippen LogP contribution in [0.25, 0.3) is 10.4 Å². The lowest BCUT2D eigenvalue weighted by Crippen LogP contribution is -1.92. The first-order valence-corrected chi connectivity index (χ1v) is 3.63. The van der Waals surface area contributed by atoms with Crippen molar-refractivity contribution < 1.29 is 4.79 Å². The molecule has 0 atom stereocenters. The predicted octanol–water partition coefficient (Wildman–Crippen LogP) is 1.90. The third kappa shape index (κ3) is 1.76. The minimum Gasteiger partial charge on any atom is -0.285 e. The molecule has 0 aliphatic rings. The Labute approximate surface area is 66.3 Å². The van der Waals surface area contributed by atoms with Gasteiger partial charge >= 0.3 is 0 Å². The van der Waals surface area contributed by atoms with Crippen LogP contribution in [-0.2, 0) is 0 Å². The molecule has 1 aromatic rings. The minimum atomic E-state index is -0.628. The van der Waals surface area contributed by atoms with Gasteiger partial charge in [-0.3, -0.25) is 4.79 Å². The number of thiazole rings is 1. The lowest BCUT2D eigenvalue weighted by molar-refractivity contribution is 0.0996. The topological polar surface area (TPSA) is 78.7 Å². The van der Waals surface area contributed by atoms with E-state index in [0.29, 0.717) is 0 Å². The Hall–Kier alpha value is -1.39. The molecule has 1 heterocycles. The molecule has 0 saturated carbocycles. The number of amides is 1. The maximum atomic E-state index is 10.8. The van der Waals surface area contributed by atoms with Gasteiger partial charge in [-0.2, -0.15) is 0 Å². The Morgan fingerprint density at radius 3 is 3.09 bits per heavy atom. The molecule has 1 rings (SSSR count). The van der Waals surface area contributed by atoms with E-state index in [1.165, 1.54) is 11.3 Å². The molecule has 0 fully saturated rings. The highest BCUT2D eigenvalue weighted by atomic mass is 32.1. The fourth-order valence-corrected chi connectivity index (χ4v) is 1.14. The summed E-state index contributed by atoms with van der Waals surface area (Å²) in [6.45, 7) is 1.78. The van der Waals surface area contributed by atoms with Gasteiger partial charge in [0.15, 0.2) is 0 Å². The molecule has 0 aliphatic carbocycles. The van der Waals surface area contributed by atoms with Crippen LogP contribution in [0, 0.1) is 6.92 Å². The van der Waals surface area contributed by atoms with Crippen molar-refractivity contribution in [2.75, 3.05) is 0 Å². The molecule has 5 nitrogen and oxygen atoms in total. The first kappa shape index (κ1) is 7.71. The molecule has 0 spiro atoms. The van der Waals surface area contributed by atoms with Gasteiger partial charge in [-0.25, -0.2) is 4.98 Å². The normalized spacial score (nSPS) is 8.82. The van der Waals surface area contributed by atoms with E-state index in [-0.39, 0.29) is 5.69 Å². The van der Waals surface area contributed by atoms with Crippen LogP contribution in [0.2, 0.25) is 0 Å². The highest BCUT2D eigenvalue weighted by Gasteiger charge is 2.05. The van der Waals surface area contributed by atoms with Crippen LogP contribution in [0.15, 0.2) is 10.5 Å². The first-order valence-electron chi connectivity index (χ1n) is 2.75. The highest BCUT2D eigenvalue weighted by Crippen LogP contribution is 2.08. The van der Waals surface area contributed by atoms with Crippen molar-refractivity contribution in [3.8, 4) is 0 Å². The van der Waals surface area contributed by atoms with Crippen molar-refractivity contribution in [3.63, 3.8) is 0 Å². The molecule has 0 radical (unpaired) electrons. The fourth-order valence-electron chi connectivity index (χ4n) is 0.553. The summed E-state index contributed by atoms with van der Waals surface area (Å²) in [7, 11) is 0. The number of hydrogen-bond acceptors (Lipinski definition) is 3. The minimum absolute atomic E-state index is 0.213. The lowest BCUT2D eigenvalue weighted by Gasteiger charge is -1.80. The summed E-state index contributed by atoms with van der Waals surface area (Å²) in [6.07, 6.45) is 0. The fraction of sp³-hybridized carbons (Fsp3) is 0.200. The summed E-state index contributed by atoms with van der Waals surface area (Å²) in [5.41, 5.74) is 8.13. The monoisotopic (exact) mass is 168 g/mol. The Bertz CT molecular complexity index is 325. The van der Waals surface area contributed by atoms with Gasteiger partial charge in [-0.15, -0.1) is 11.3 Å². The molecule has 0 bridgehead atoms. The lowest BCUT2D eigenvalue weighted by atomic mass is 10.5. The zero-order chi connectivity index (χ0) is 8.27. The second-order valence-corrected chi connectivity index (χ2v) is 2.81. The van der Waals surface area contributed by atoms with E-state index < -0.39 is 5.91 Å². The largest absolute Gasteiger partial charge is 0.285 e. The number of rotatable bonds is 1. The van der Waals surface area contributed by atoms with Crippen LogP contribution in [-0.4, -0.2) is 10.9 Å². The zero-order valence-corrected chi connectivity index (χ0v) is 6.50. The molecule has 0 N–H and O–H groups in total.